The highest BCUT2D eigenvalue weighted by molar-refractivity contribution is 7.99. The molecule has 1 aliphatic heterocycles. The van der Waals surface area contributed by atoms with E-state index in [0.717, 1.165) is 46.7 Å². The van der Waals surface area contributed by atoms with Gasteiger partial charge >= 0.3 is 0 Å². The molecule has 1 saturated heterocycles. The molecule has 1 aromatic heterocycles. The quantitative estimate of drug-likeness (QED) is 0.285. The number of carbonyl (C=O) groups is 1. The third-order valence-corrected chi connectivity index (χ3v) is 7.66. The lowest BCUT2D eigenvalue weighted by Crippen LogP contribution is -2.31. The first-order valence-corrected chi connectivity index (χ1v) is 12.9. The predicted octanol–water partition coefficient (Wildman–Crippen LogP) is 6.88. The maximum atomic E-state index is 12.9. The number of benzene rings is 3. The lowest BCUT2D eigenvalue weighted by molar-refractivity contribution is 0.0943. The van der Waals surface area contributed by atoms with Crippen molar-refractivity contribution >= 4 is 51.8 Å². The SMILES string of the molecule is O=C(NCC1CCN(Cc2ccccc2)C1)c1cc2c(Sc3ccc(Cl)cc3)cc(Cl)cc2[nH]1. The van der Waals surface area contributed by atoms with Crippen LogP contribution in [-0.4, -0.2) is 35.4 Å². The van der Waals surface area contributed by atoms with Gasteiger partial charge < -0.3 is 10.3 Å². The maximum Gasteiger partial charge on any atom is 0.267 e. The lowest BCUT2D eigenvalue weighted by atomic mass is 10.1. The molecule has 5 rings (SSSR count). The molecule has 0 spiro atoms. The fourth-order valence-electron chi connectivity index (χ4n) is 4.40. The Bertz CT molecular complexity index is 1290. The second-order valence-electron chi connectivity index (χ2n) is 8.69. The molecular formula is C27H25Cl2N3OS. The summed E-state index contributed by atoms with van der Waals surface area (Å²) in [6.45, 7) is 3.69. The summed E-state index contributed by atoms with van der Waals surface area (Å²) in [4.78, 5) is 20.7. The number of aromatic amines is 1. The fraction of sp³-hybridized carbons (Fsp3) is 0.222. The van der Waals surface area contributed by atoms with E-state index in [0.29, 0.717) is 28.2 Å². The molecule has 0 saturated carbocycles. The van der Waals surface area contributed by atoms with E-state index in [1.54, 1.807) is 11.8 Å². The Kier molecular flexibility index (Phi) is 7.16. The Morgan fingerprint density at radius 1 is 1.03 bits per heavy atom. The van der Waals surface area contributed by atoms with E-state index < -0.39 is 0 Å². The van der Waals surface area contributed by atoms with Gasteiger partial charge in [0.1, 0.15) is 5.69 Å². The van der Waals surface area contributed by atoms with Gasteiger partial charge in [-0.1, -0.05) is 65.3 Å². The Hall–Kier alpha value is -2.44. The van der Waals surface area contributed by atoms with Crippen molar-refractivity contribution in [3.63, 3.8) is 0 Å². The van der Waals surface area contributed by atoms with E-state index in [1.807, 2.05) is 48.5 Å². The van der Waals surface area contributed by atoms with Crippen LogP contribution >= 0.6 is 35.0 Å². The second-order valence-corrected chi connectivity index (χ2v) is 10.7. The highest BCUT2D eigenvalue weighted by Crippen LogP contribution is 2.36. The number of carbonyl (C=O) groups excluding carboxylic acids is 1. The van der Waals surface area contributed by atoms with Gasteiger partial charge in [-0.2, -0.15) is 0 Å². The van der Waals surface area contributed by atoms with Gasteiger partial charge in [0.15, 0.2) is 0 Å². The molecule has 1 unspecified atom stereocenters. The van der Waals surface area contributed by atoms with Crippen LogP contribution in [0.2, 0.25) is 10.0 Å². The summed E-state index contributed by atoms with van der Waals surface area (Å²) in [6, 6.07) is 23.9. The van der Waals surface area contributed by atoms with Gasteiger partial charge in [0.05, 0.1) is 0 Å². The third-order valence-electron chi connectivity index (χ3n) is 6.12. The summed E-state index contributed by atoms with van der Waals surface area (Å²) in [7, 11) is 0. The minimum absolute atomic E-state index is 0.0868. The smallest absolute Gasteiger partial charge is 0.267 e. The van der Waals surface area contributed by atoms with Crippen molar-refractivity contribution in [3.8, 4) is 0 Å². The number of hydrogen-bond donors (Lipinski definition) is 2. The summed E-state index contributed by atoms with van der Waals surface area (Å²) in [6.07, 6.45) is 1.09. The minimum Gasteiger partial charge on any atom is -0.350 e. The largest absolute Gasteiger partial charge is 0.350 e. The topological polar surface area (TPSA) is 48.1 Å². The average molecular weight is 510 g/mol. The van der Waals surface area contributed by atoms with Crippen LogP contribution in [0.25, 0.3) is 10.9 Å². The Labute approximate surface area is 213 Å². The van der Waals surface area contributed by atoms with Crippen LogP contribution in [0, 0.1) is 5.92 Å². The average Bonchev–Trinajstić information content (AvgIpc) is 3.46. The molecule has 34 heavy (non-hydrogen) atoms. The number of halogens is 2. The van der Waals surface area contributed by atoms with Gasteiger partial charge in [0, 0.05) is 50.4 Å². The van der Waals surface area contributed by atoms with Crippen molar-refractivity contribution in [3.05, 3.63) is 94.1 Å². The van der Waals surface area contributed by atoms with Gasteiger partial charge in [-0.25, -0.2) is 0 Å². The summed E-state index contributed by atoms with van der Waals surface area (Å²) in [5, 5.41) is 5.43. The number of fused-ring (bicyclic) bond motifs is 1. The van der Waals surface area contributed by atoms with Gasteiger partial charge in [-0.05, 0) is 66.9 Å². The number of nitrogens with one attached hydrogen (secondary N) is 2. The molecule has 1 fully saturated rings. The highest BCUT2D eigenvalue weighted by atomic mass is 35.5. The fourth-order valence-corrected chi connectivity index (χ4v) is 5.80. The van der Waals surface area contributed by atoms with E-state index in [1.165, 1.54) is 5.56 Å². The first-order chi connectivity index (χ1) is 16.5. The number of hydrogen-bond acceptors (Lipinski definition) is 3. The van der Waals surface area contributed by atoms with Crippen LogP contribution in [0.15, 0.2) is 82.6 Å². The number of rotatable bonds is 7. The molecule has 0 radical (unpaired) electrons. The van der Waals surface area contributed by atoms with E-state index in [-0.39, 0.29) is 5.91 Å². The number of aromatic nitrogens is 1. The van der Waals surface area contributed by atoms with Crippen LogP contribution in [0.4, 0.5) is 0 Å². The molecule has 3 aromatic carbocycles. The molecule has 1 atom stereocenters. The molecular weight excluding hydrogens is 485 g/mol. The molecule has 0 bridgehead atoms. The van der Waals surface area contributed by atoms with Crippen molar-refractivity contribution < 1.29 is 4.79 Å². The highest BCUT2D eigenvalue weighted by Gasteiger charge is 2.23. The van der Waals surface area contributed by atoms with Gasteiger partial charge in [-0.3, -0.25) is 9.69 Å². The lowest BCUT2D eigenvalue weighted by Gasteiger charge is -2.16. The normalized spacial score (nSPS) is 16.2. The van der Waals surface area contributed by atoms with E-state index >= 15 is 0 Å². The molecule has 7 heteroatoms. The summed E-state index contributed by atoms with van der Waals surface area (Å²) >= 11 is 14.0. The predicted molar refractivity (Wildman–Crippen MR) is 141 cm³/mol. The Morgan fingerprint density at radius 3 is 2.62 bits per heavy atom. The molecule has 4 aromatic rings. The molecule has 2 heterocycles. The van der Waals surface area contributed by atoms with Gasteiger partial charge in [0.25, 0.3) is 5.91 Å². The minimum atomic E-state index is -0.0868. The monoisotopic (exact) mass is 509 g/mol. The Morgan fingerprint density at radius 2 is 1.82 bits per heavy atom. The zero-order chi connectivity index (χ0) is 23.5. The molecule has 2 N–H and O–H groups in total. The zero-order valence-corrected chi connectivity index (χ0v) is 20.9. The maximum absolute atomic E-state index is 12.9. The van der Waals surface area contributed by atoms with Gasteiger partial charge in [0.2, 0.25) is 0 Å². The molecule has 174 valence electrons. The van der Waals surface area contributed by atoms with E-state index in [9.17, 15) is 4.79 Å². The summed E-state index contributed by atoms with van der Waals surface area (Å²) in [5.74, 6) is 0.374. The molecule has 4 nitrogen and oxygen atoms in total. The Balaban J connectivity index is 1.23. The van der Waals surface area contributed by atoms with Crippen LogP contribution in [0.5, 0.6) is 0 Å². The summed E-state index contributed by atoms with van der Waals surface area (Å²) < 4.78 is 0. The zero-order valence-electron chi connectivity index (χ0n) is 18.6. The van der Waals surface area contributed by atoms with Crippen molar-refractivity contribution in [2.45, 2.75) is 22.8 Å². The van der Waals surface area contributed by atoms with Gasteiger partial charge in [-0.15, -0.1) is 0 Å². The first kappa shape index (κ1) is 23.3. The summed E-state index contributed by atoms with van der Waals surface area (Å²) in [5.41, 5.74) is 2.73. The first-order valence-electron chi connectivity index (χ1n) is 11.3. The second kappa shape index (κ2) is 10.4. The standard InChI is InChI=1S/C27H25Cl2N3OS/c28-20-6-8-22(9-7-20)34-26-13-21(29)12-24-23(26)14-25(31-24)27(33)30-15-19-10-11-32(17-19)16-18-4-2-1-3-5-18/h1-9,12-14,19,31H,10-11,15-17H2,(H,30,33). The number of amides is 1. The van der Waals surface area contributed by atoms with E-state index in [2.05, 4.69) is 39.5 Å². The van der Waals surface area contributed by atoms with Crippen LogP contribution in [0.3, 0.4) is 0 Å². The molecule has 0 aliphatic carbocycles. The number of nitrogens with zero attached hydrogens (tertiary/aromatic N) is 1. The molecule has 1 aliphatic rings. The van der Waals surface area contributed by atoms with Crippen LogP contribution < -0.4 is 5.32 Å². The van der Waals surface area contributed by atoms with Crippen LogP contribution in [0.1, 0.15) is 22.5 Å². The number of likely N-dealkylation sites (tertiary alicyclic amines) is 1. The van der Waals surface area contributed by atoms with Crippen molar-refractivity contribution in [2.75, 3.05) is 19.6 Å². The van der Waals surface area contributed by atoms with Crippen molar-refractivity contribution in [1.82, 2.24) is 15.2 Å². The molecule has 1 amide bonds. The number of H-pyrrole nitrogens is 1. The third kappa shape index (κ3) is 5.61. The van der Waals surface area contributed by atoms with Crippen molar-refractivity contribution in [1.29, 1.82) is 0 Å². The van der Waals surface area contributed by atoms with E-state index in [4.69, 9.17) is 23.2 Å². The van der Waals surface area contributed by atoms with Crippen molar-refractivity contribution in [2.24, 2.45) is 5.92 Å². The van der Waals surface area contributed by atoms with Crippen LogP contribution in [-0.2, 0) is 6.54 Å².